The van der Waals surface area contributed by atoms with Crippen LogP contribution in [0.15, 0.2) is 29.3 Å². The molecule has 1 aliphatic heterocycles. The van der Waals surface area contributed by atoms with E-state index in [1.54, 1.807) is 0 Å². The van der Waals surface area contributed by atoms with E-state index >= 15 is 0 Å². The van der Waals surface area contributed by atoms with Gasteiger partial charge in [-0.25, -0.2) is 22.5 Å². The lowest BCUT2D eigenvalue weighted by Gasteiger charge is -2.28. The Morgan fingerprint density at radius 3 is 2.68 bits per heavy atom. The summed E-state index contributed by atoms with van der Waals surface area (Å²) in [6, 6.07) is 2.90. The number of sulfonamides is 1. The summed E-state index contributed by atoms with van der Waals surface area (Å²) in [5.41, 5.74) is -1.54. The molecule has 0 unspecified atom stereocenters. The largest absolute Gasteiger partial charge is 0.471 e. The van der Waals surface area contributed by atoms with Gasteiger partial charge in [-0.15, -0.1) is 0 Å². The SMILES string of the molecule is CNS(=O)(=O)c1ccc(Nc2ncc(C(F)(F)F)c(O[C@H]3CCOC[C@H]3O)n2)c(F)c1. The smallest absolute Gasteiger partial charge is 0.423 e. The van der Waals surface area contributed by atoms with Gasteiger partial charge in [0.15, 0.2) is 0 Å². The number of nitrogens with one attached hydrogen (secondary N) is 2. The van der Waals surface area contributed by atoms with Gasteiger partial charge < -0.3 is 19.9 Å². The highest BCUT2D eigenvalue weighted by Crippen LogP contribution is 2.36. The first kappa shape index (κ1) is 23.1. The minimum Gasteiger partial charge on any atom is -0.471 e. The third kappa shape index (κ3) is 5.39. The topological polar surface area (TPSA) is 123 Å². The van der Waals surface area contributed by atoms with Gasteiger partial charge in [0, 0.05) is 12.6 Å². The van der Waals surface area contributed by atoms with Crippen molar-refractivity contribution in [3.05, 3.63) is 35.8 Å². The van der Waals surface area contributed by atoms with Crippen molar-refractivity contribution in [1.29, 1.82) is 0 Å². The molecule has 1 fully saturated rings. The van der Waals surface area contributed by atoms with Crippen molar-refractivity contribution in [2.75, 3.05) is 25.6 Å². The average Bonchev–Trinajstić information content (AvgIpc) is 2.70. The summed E-state index contributed by atoms with van der Waals surface area (Å²) in [6.07, 6.45) is -6.37. The molecular weight excluding hydrogens is 448 g/mol. The second-order valence-corrected chi connectivity index (χ2v) is 8.36. The molecule has 1 saturated heterocycles. The van der Waals surface area contributed by atoms with Crippen LogP contribution in [0.3, 0.4) is 0 Å². The molecule has 3 N–H and O–H groups in total. The normalized spacial score (nSPS) is 19.8. The molecule has 1 aliphatic rings. The maximum Gasteiger partial charge on any atom is 0.423 e. The van der Waals surface area contributed by atoms with E-state index in [0.29, 0.717) is 6.20 Å². The van der Waals surface area contributed by atoms with Crippen LogP contribution in [0.25, 0.3) is 0 Å². The highest BCUT2D eigenvalue weighted by atomic mass is 32.2. The first-order chi connectivity index (χ1) is 14.5. The molecule has 1 aromatic heterocycles. The summed E-state index contributed by atoms with van der Waals surface area (Å²) >= 11 is 0. The van der Waals surface area contributed by atoms with Crippen molar-refractivity contribution in [3.8, 4) is 5.88 Å². The zero-order chi connectivity index (χ0) is 22.8. The first-order valence-electron chi connectivity index (χ1n) is 8.88. The van der Waals surface area contributed by atoms with Crippen LogP contribution >= 0.6 is 0 Å². The van der Waals surface area contributed by atoms with Crippen molar-refractivity contribution in [2.45, 2.75) is 29.7 Å². The number of hydrogen-bond donors (Lipinski definition) is 3. The molecule has 0 bridgehead atoms. The molecule has 31 heavy (non-hydrogen) atoms. The molecule has 9 nitrogen and oxygen atoms in total. The fraction of sp³-hybridized carbons (Fsp3) is 0.412. The zero-order valence-electron chi connectivity index (χ0n) is 16.0. The van der Waals surface area contributed by atoms with Crippen LogP contribution in [-0.2, 0) is 20.9 Å². The monoisotopic (exact) mass is 466 g/mol. The number of aliphatic hydroxyl groups excluding tert-OH is 1. The van der Waals surface area contributed by atoms with Gasteiger partial charge in [0.25, 0.3) is 0 Å². The van der Waals surface area contributed by atoms with Gasteiger partial charge >= 0.3 is 6.18 Å². The van der Waals surface area contributed by atoms with Crippen molar-refractivity contribution < 1.29 is 40.6 Å². The van der Waals surface area contributed by atoms with Crippen LogP contribution < -0.4 is 14.8 Å². The molecule has 170 valence electrons. The van der Waals surface area contributed by atoms with E-state index < -0.39 is 51.6 Å². The second-order valence-electron chi connectivity index (χ2n) is 6.47. The summed E-state index contributed by atoms with van der Waals surface area (Å²) in [6.45, 7) is 0.0850. The van der Waals surface area contributed by atoms with E-state index in [2.05, 4.69) is 15.3 Å². The number of aliphatic hydroxyl groups is 1. The number of benzene rings is 1. The predicted molar refractivity (Wildman–Crippen MR) is 98.8 cm³/mol. The first-order valence-corrected chi connectivity index (χ1v) is 10.4. The molecule has 0 spiro atoms. The Kier molecular flexibility index (Phi) is 6.64. The quantitative estimate of drug-likeness (QED) is 0.551. The Bertz CT molecular complexity index is 1050. The number of nitrogens with zero attached hydrogens (tertiary/aromatic N) is 2. The average molecular weight is 466 g/mol. The standard InChI is InChI=1S/C17H18F4N4O5S/c1-22-31(27,28)9-2-3-12(11(18)6-9)24-16-23-7-10(17(19,20)21)15(25-16)30-14-4-5-29-8-13(14)26/h2-3,6-7,13-14,22,26H,4-5,8H2,1H3,(H,23,24,25)/t13-,14+/m1/s1. The number of aromatic nitrogens is 2. The summed E-state index contributed by atoms with van der Waals surface area (Å²) in [4.78, 5) is 6.87. The van der Waals surface area contributed by atoms with E-state index in [-0.39, 0.29) is 30.2 Å². The highest BCUT2D eigenvalue weighted by molar-refractivity contribution is 7.89. The third-order valence-corrected chi connectivity index (χ3v) is 5.76. The van der Waals surface area contributed by atoms with Crippen LogP contribution in [0.2, 0.25) is 0 Å². The molecular formula is C17H18F4N4O5S. The lowest BCUT2D eigenvalue weighted by Crippen LogP contribution is -2.41. The summed E-state index contributed by atoms with van der Waals surface area (Å²) in [7, 11) is -2.73. The van der Waals surface area contributed by atoms with E-state index in [0.717, 1.165) is 25.2 Å². The lowest BCUT2D eigenvalue weighted by atomic mass is 10.1. The number of alkyl halides is 3. The van der Waals surface area contributed by atoms with Gasteiger partial charge in [-0.3, -0.25) is 0 Å². The van der Waals surface area contributed by atoms with Gasteiger partial charge in [0.2, 0.25) is 21.9 Å². The third-order valence-electron chi connectivity index (χ3n) is 4.35. The molecule has 0 amide bonds. The Labute approximate surface area is 174 Å². The van der Waals surface area contributed by atoms with Crippen molar-refractivity contribution in [3.63, 3.8) is 0 Å². The molecule has 2 aromatic rings. The Morgan fingerprint density at radius 2 is 2.06 bits per heavy atom. The Balaban J connectivity index is 1.90. The molecule has 0 aliphatic carbocycles. The highest BCUT2D eigenvalue weighted by Gasteiger charge is 2.38. The predicted octanol–water partition coefficient (Wildman–Crippen LogP) is 1.81. The van der Waals surface area contributed by atoms with Crippen LogP contribution in [0.1, 0.15) is 12.0 Å². The Morgan fingerprint density at radius 1 is 1.32 bits per heavy atom. The van der Waals surface area contributed by atoms with Crippen LogP contribution in [0.4, 0.5) is 29.2 Å². The summed E-state index contributed by atoms with van der Waals surface area (Å²) in [5, 5.41) is 12.3. The van der Waals surface area contributed by atoms with Gasteiger partial charge in [-0.05, 0) is 25.2 Å². The fourth-order valence-electron chi connectivity index (χ4n) is 2.70. The van der Waals surface area contributed by atoms with Crippen LogP contribution in [-0.4, -0.2) is 56.0 Å². The minimum absolute atomic E-state index is 0.102. The second kappa shape index (κ2) is 8.90. The number of anilines is 2. The number of ether oxygens (including phenoxy) is 2. The van der Waals surface area contributed by atoms with E-state index in [4.69, 9.17) is 9.47 Å². The van der Waals surface area contributed by atoms with Gasteiger partial charge in [-0.1, -0.05) is 0 Å². The van der Waals surface area contributed by atoms with Gasteiger partial charge in [0.05, 0.1) is 23.8 Å². The van der Waals surface area contributed by atoms with E-state index in [1.807, 2.05) is 4.72 Å². The van der Waals surface area contributed by atoms with Crippen LogP contribution in [0, 0.1) is 5.82 Å². The maximum atomic E-state index is 14.3. The summed E-state index contributed by atoms with van der Waals surface area (Å²) in [5.74, 6) is -2.26. The lowest BCUT2D eigenvalue weighted by molar-refractivity contribution is -0.141. The fourth-order valence-corrected chi connectivity index (χ4v) is 3.44. The van der Waals surface area contributed by atoms with Crippen LogP contribution in [0.5, 0.6) is 5.88 Å². The summed E-state index contributed by atoms with van der Waals surface area (Å²) < 4.78 is 90.1. The molecule has 14 heteroatoms. The minimum atomic E-state index is -4.83. The zero-order valence-corrected chi connectivity index (χ0v) is 16.8. The number of rotatable bonds is 6. The molecule has 0 radical (unpaired) electrons. The van der Waals surface area contributed by atoms with Crippen molar-refractivity contribution >= 4 is 21.7 Å². The molecule has 0 saturated carbocycles. The van der Waals surface area contributed by atoms with E-state index in [1.165, 1.54) is 0 Å². The van der Waals surface area contributed by atoms with Gasteiger partial charge in [0.1, 0.15) is 23.6 Å². The molecule has 2 atom stereocenters. The number of halogens is 4. The van der Waals surface area contributed by atoms with Crippen molar-refractivity contribution in [2.24, 2.45) is 0 Å². The van der Waals surface area contributed by atoms with E-state index in [9.17, 15) is 31.1 Å². The molecule has 1 aromatic carbocycles. The molecule has 2 heterocycles. The maximum absolute atomic E-state index is 14.3. The van der Waals surface area contributed by atoms with Crippen molar-refractivity contribution in [1.82, 2.24) is 14.7 Å². The van der Waals surface area contributed by atoms with Gasteiger partial charge in [-0.2, -0.15) is 18.2 Å². The number of hydrogen-bond acceptors (Lipinski definition) is 8. The Hall–Kier alpha value is -2.55. The molecule has 3 rings (SSSR count).